The Kier molecular flexibility index (Phi) is 4.08. The first kappa shape index (κ1) is 14.1. The summed E-state index contributed by atoms with van der Waals surface area (Å²) in [6.45, 7) is 0. The first-order chi connectivity index (χ1) is 9.54. The fourth-order valence-corrected chi connectivity index (χ4v) is 2.28. The molecular weight excluding hydrogens is 258 g/mol. The Labute approximate surface area is 116 Å². The minimum atomic E-state index is -0.994. The number of ketones is 1. The second kappa shape index (κ2) is 5.77. The quantitative estimate of drug-likeness (QED) is 0.854. The minimum Gasteiger partial charge on any atom is -0.478 e. The van der Waals surface area contributed by atoms with Crippen molar-refractivity contribution < 1.29 is 14.7 Å². The van der Waals surface area contributed by atoms with Crippen molar-refractivity contribution in [2.75, 3.05) is 0 Å². The largest absolute Gasteiger partial charge is 0.478 e. The summed E-state index contributed by atoms with van der Waals surface area (Å²) in [4.78, 5) is 33.2. The Balaban J connectivity index is 2.19. The van der Waals surface area contributed by atoms with Gasteiger partial charge in [0.15, 0.2) is 0 Å². The van der Waals surface area contributed by atoms with Gasteiger partial charge in [0.25, 0.3) is 0 Å². The van der Waals surface area contributed by atoms with E-state index >= 15 is 0 Å². The Hall–Kier alpha value is -2.30. The van der Waals surface area contributed by atoms with E-state index in [4.69, 9.17) is 5.11 Å². The molecule has 0 aliphatic heterocycles. The summed E-state index contributed by atoms with van der Waals surface area (Å²) in [5.41, 5.74) is 0.0524. The van der Waals surface area contributed by atoms with E-state index in [0.29, 0.717) is 31.2 Å². The summed E-state index contributed by atoms with van der Waals surface area (Å²) < 4.78 is 0. The van der Waals surface area contributed by atoms with Crippen LogP contribution in [-0.2, 0) is 4.79 Å². The SMILES string of the molecule is O=NC1(/C=C/c2cccc(C(=O)O)c2)CCC(=O)CC1. The highest BCUT2D eigenvalue weighted by Crippen LogP contribution is 2.32. The van der Waals surface area contributed by atoms with Gasteiger partial charge in [-0.05, 0) is 30.5 Å². The molecule has 0 amide bonds. The first-order valence-electron chi connectivity index (χ1n) is 6.43. The lowest BCUT2D eigenvalue weighted by atomic mass is 9.81. The maximum absolute atomic E-state index is 11.2. The van der Waals surface area contributed by atoms with Crippen molar-refractivity contribution in [3.63, 3.8) is 0 Å². The number of Topliss-reactive ketones (excluding diaryl/α,β-unsaturated/α-hetero) is 1. The molecule has 0 saturated heterocycles. The molecule has 0 aromatic heterocycles. The number of rotatable bonds is 4. The zero-order valence-corrected chi connectivity index (χ0v) is 10.9. The van der Waals surface area contributed by atoms with Crippen LogP contribution in [0.4, 0.5) is 0 Å². The number of aromatic carboxylic acids is 1. The van der Waals surface area contributed by atoms with E-state index in [1.54, 1.807) is 24.3 Å². The Morgan fingerprint density at radius 3 is 2.60 bits per heavy atom. The fourth-order valence-electron chi connectivity index (χ4n) is 2.28. The highest BCUT2D eigenvalue weighted by molar-refractivity contribution is 5.88. The van der Waals surface area contributed by atoms with Gasteiger partial charge in [-0.25, -0.2) is 4.79 Å². The number of nitroso groups, excluding NO2 is 1. The number of benzene rings is 1. The van der Waals surface area contributed by atoms with E-state index < -0.39 is 11.5 Å². The van der Waals surface area contributed by atoms with Crippen LogP contribution in [0.1, 0.15) is 41.6 Å². The zero-order valence-electron chi connectivity index (χ0n) is 10.9. The second-order valence-electron chi connectivity index (χ2n) is 5.00. The molecule has 1 saturated carbocycles. The molecule has 1 aliphatic carbocycles. The molecule has 0 unspecified atom stereocenters. The van der Waals surface area contributed by atoms with Crippen LogP contribution in [0, 0.1) is 4.91 Å². The molecule has 104 valence electrons. The molecule has 20 heavy (non-hydrogen) atoms. The second-order valence-corrected chi connectivity index (χ2v) is 5.00. The van der Waals surface area contributed by atoms with Crippen LogP contribution in [0.15, 0.2) is 35.5 Å². The van der Waals surface area contributed by atoms with Gasteiger partial charge in [-0.15, -0.1) is 4.91 Å². The number of carbonyl (C=O) groups excluding carboxylic acids is 1. The van der Waals surface area contributed by atoms with Gasteiger partial charge >= 0.3 is 5.97 Å². The van der Waals surface area contributed by atoms with Crippen molar-refractivity contribution in [2.45, 2.75) is 31.2 Å². The smallest absolute Gasteiger partial charge is 0.335 e. The molecule has 1 aromatic carbocycles. The van der Waals surface area contributed by atoms with Crippen LogP contribution >= 0.6 is 0 Å². The number of carboxylic acid groups (broad SMARTS) is 1. The van der Waals surface area contributed by atoms with Crippen molar-refractivity contribution in [1.82, 2.24) is 0 Å². The third-order valence-corrected chi connectivity index (χ3v) is 3.57. The maximum atomic E-state index is 11.2. The molecule has 1 aliphatic rings. The van der Waals surface area contributed by atoms with E-state index in [-0.39, 0.29) is 11.3 Å². The highest BCUT2D eigenvalue weighted by atomic mass is 16.4. The van der Waals surface area contributed by atoms with Crippen molar-refractivity contribution in [2.24, 2.45) is 5.18 Å². The topological polar surface area (TPSA) is 83.8 Å². The number of carbonyl (C=O) groups is 2. The summed E-state index contributed by atoms with van der Waals surface area (Å²) >= 11 is 0. The van der Waals surface area contributed by atoms with E-state index in [9.17, 15) is 14.5 Å². The van der Waals surface area contributed by atoms with Crippen LogP contribution in [-0.4, -0.2) is 22.4 Å². The summed E-state index contributed by atoms with van der Waals surface area (Å²) in [5, 5.41) is 12.1. The van der Waals surface area contributed by atoms with E-state index in [1.165, 1.54) is 12.1 Å². The lowest BCUT2D eigenvalue weighted by Crippen LogP contribution is -2.29. The number of hydrogen-bond donors (Lipinski definition) is 1. The molecule has 5 heteroatoms. The van der Waals surface area contributed by atoms with Gasteiger partial charge in [0.1, 0.15) is 11.3 Å². The van der Waals surface area contributed by atoms with E-state index in [0.717, 1.165) is 0 Å². The molecule has 0 atom stereocenters. The lowest BCUT2D eigenvalue weighted by Gasteiger charge is -2.26. The normalized spacial score (nSPS) is 18.1. The Morgan fingerprint density at radius 1 is 1.30 bits per heavy atom. The van der Waals surface area contributed by atoms with Gasteiger partial charge in [0.05, 0.1) is 5.56 Å². The lowest BCUT2D eigenvalue weighted by molar-refractivity contribution is -0.120. The molecular formula is C15H15NO4. The van der Waals surface area contributed by atoms with E-state index in [2.05, 4.69) is 5.18 Å². The standard InChI is InChI=1S/C15H15NO4/c17-13-5-8-15(16-20,9-6-13)7-4-11-2-1-3-12(10-11)14(18)19/h1-4,7,10H,5-6,8-9H2,(H,18,19)/b7-4+. The van der Waals surface area contributed by atoms with Crippen LogP contribution in [0.25, 0.3) is 6.08 Å². The van der Waals surface area contributed by atoms with Gasteiger partial charge in [-0.1, -0.05) is 29.5 Å². The molecule has 1 N–H and O–H groups in total. The fraction of sp³-hybridized carbons (Fsp3) is 0.333. The van der Waals surface area contributed by atoms with Crippen molar-refractivity contribution in [3.05, 3.63) is 46.4 Å². The van der Waals surface area contributed by atoms with Gasteiger partial charge < -0.3 is 5.11 Å². The van der Waals surface area contributed by atoms with Crippen LogP contribution < -0.4 is 0 Å². The first-order valence-corrected chi connectivity index (χ1v) is 6.43. The molecule has 0 bridgehead atoms. The molecule has 0 radical (unpaired) electrons. The highest BCUT2D eigenvalue weighted by Gasteiger charge is 2.33. The average molecular weight is 273 g/mol. The molecule has 1 aromatic rings. The minimum absolute atomic E-state index is 0.158. The molecule has 1 fully saturated rings. The number of nitrogens with zero attached hydrogens (tertiary/aromatic N) is 1. The molecule has 5 nitrogen and oxygen atoms in total. The van der Waals surface area contributed by atoms with E-state index in [1.807, 2.05) is 0 Å². The summed E-state index contributed by atoms with van der Waals surface area (Å²) in [7, 11) is 0. The van der Waals surface area contributed by atoms with Crippen LogP contribution in [0.2, 0.25) is 0 Å². The predicted molar refractivity (Wildman–Crippen MR) is 74.4 cm³/mol. The van der Waals surface area contributed by atoms with Gasteiger partial charge in [0, 0.05) is 12.8 Å². The molecule has 2 rings (SSSR count). The number of hydrogen-bond acceptors (Lipinski definition) is 4. The molecule has 0 heterocycles. The van der Waals surface area contributed by atoms with Gasteiger partial charge in [-0.2, -0.15) is 0 Å². The summed E-state index contributed by atoms with van der Waals surface area (Å²) in [6, 6.07) is 6.45. The summed E-state index contributed by atoms with van der Waals surface area (Å²) in [5.74, 6) is -0.836. The van der Waals surface area contributed by atoms with Crippen molar-refractivity contribution in [1.29, 1.82) is 0 Å². The number of carboxylic acids is 1. The summed E-state index contributed by atoms with van der Waals surface area (Å²) in [6.07, 6.45) is 4.96. The third kappa shape index (κ3) is 3.17. The Bertz CT molecular complexity index is 567. The maximum Gasteiger partial charge on any atom is 0.335 e. The van der Waals surface area contributed by atoms with Crippen LogP contribution in [0.3, 0.4) is 0 Å². The Morgan fingerprint density at radius 2 is 2.00 bits per heavy atom. The third-order valence-electron chi connectivity index (χ3n) is 3.57. The average Bonchev–Trinajstić information content (AvgIpc) is 2.47. The predicted octanol–water partition coefficient (Wildman–Crippen LogP) is 3.05. The van der Waals surface area contributed by atoms with Gasteiger partial charge in [0.2, 0.25) is 0 Å². The van der Waals surface area contributed by atoms with Crippen molar-refractivity contribution >= 4 is 17.8 Å². The van der Waals surface area contributed by atoms with Crippen LogP contribution in [0.5, 0.6) is 0 Å². The van der Waals surface area contributed by atoms with Gasteiger partial charge in [-0.3, -0.25) is 4.79 Å². The molecule has 0 spiro atoms. The monoisotopic (exact) mass is 273 g/mol. The zero-order chi connectivity index (χ0) is 14.6. The van der Waals surface area contributed by atoms with Crippen molar-refractivity contribution in [3.8, 4) is 0 Å².